The van der Waals surface area contributed by atoms with Crippen molar-refractivity contribution in [2.24, 2.45) is 5.92 Å². The minimum Gasteiger partial charge on any atom is -0.481 e. The summed E-state index contributed by atoms with van der Waals surface area (Å²) in [6.45, 7) is 3.34. The minimum absolute atomic E-state index is 0.0809. The van der Waals surface area contributed by atoms with Crippen molar-refractivity contribution in [3.8, 4) is 5.75 Å². The van der Waals surface area contributed by atoms with Crippen LogP contribution in [0.4, 0.5) is 5.69 Å². The van der Waals surface area contributed by atoms with Gasteiger partial charge in [-0.05, 0) is 38.0 Å². The van der Waals surface area contributed by atoms with E-state index in [1.807, 2.05) is 0 Å². The summed E-state index contributed by atoms with van der Waals surface area (Å²) in [4.78, 5) is 37.9. The lowest BCUT2D eigenvalue weighted by molar-refractivity contribution is -0.137. The standard InChI is InChI=1S/C19H23NO5/c1-11(9-17(21)22)18(23)13-7-8-16-15(10-13)20(14-5-3-4-6-14)19(24)12(2)25-16/h7-8,10-12,14H,3-6,9H2,1-2H3,(H,21,22). The van der Waals surface area contributed by atoms with Crippen molar-refractivity contribution < 1.29 is 24.2 Å². The lowest BCUT2D eigenvalue weighted by Crippen LogP contribution is -2.49. The Balaban J connectivity index is 1.95. The molecule has 6 heteroatoms. The van der Waals surface area contributed by atoms with Gasteiger partial charge in [-0.3, -0.25) is 14.4 Å². The molecule has 1 saturated carbocycles. The average molecular weight is 345 g/mol. The third-order valence-corrected chi connectivity index (χ3v) is 5.01. The van der Waals surface area contributed by atoms with E-state index in [-0.39, 0.29) is 24.2 Å². The second kappa shape index (κ2) is 6.86. The minimum atomic E-state index is -1.00. The molecule has 0 aromatic heterocycles. The molecule has 0 radical (unpaired) electrons. The number of amides is 1. The molecular weight excluding hydrogens is 322 g/mol. The van der Waals surface area contributed by atoms with Crippen molar-refractivity contribution in [1.82, 2.24) is 0 Å². The Hall–Kier alpha value is -2.37. The number of anilines is 1. The maximum atomic E-state index is 12.7. The quantitative estimate of drug-likeness (QED) is 0.829. The fourth-order valence-corrected chi connectivity index (χ4v) is 3.69. The zero-order valence-corrected chi connectivity index (χ0v) is 14.5. The number of hydrogen-bond acceptors (Lipinski definition) is 4. The molecular formula is C19H23NO5. The van der Waals surface area contributed by atoms with Crippen molar-refractivity contribution in [3.63, 3.8) is 0 Å². The summed E-state index contributed by atoms with van der Waals surface area (Å²) >= 11 is 0. The number of aliphatic carboxylic acids is 1. The zero-order valence-electron chi connectivity index (χ0n) is 14.5. The summed E-state index contributed by atoms with van der Waals surface area (Å²) in [7, 11) is 0. The molecule has 1 aliphatic heterocycles. The fourth-order valence-electron chi connectivity index (χ4n) is 3.69. The van der Waals surface area contributed by atoms with Gasteiger partial charge in [-0.1, -0.05) is 19.8 Å². The molecule has 1 aromatic carbocycles. The second-order valence-corrected chi connectivity index (χ2v) is 6.95. The van der Waals surface area contributed by atoms with Crippen LogP contribution in [0.2, 0.25) is 0 Å². The van der Waals surface area contributed by atoms with Crippen molar-refractivity contribution >= 4 is 23.3 Å². The van der Waals surface area contributed by atoms with Gasteiger partial charge in [0.15, 0.2) is 11.9 Å². The number of carbonyl (C=O) groups excluding carboxylic acids is 2. The summed E-state index contributed by atoms with van der Waals surface area (Å²) in [6, 6.07) is 5.17. The molecule has 1 heterocycles. The topological polar surface area (TPSA) is 83.9 Å². The third-order valence-electron chi connectivity index (χ3n) is 5.01. The largest absolute Gasteiger partial charge is 0.481 e. The molecule has 0 bridgehead atoms. The van der Waals surface area contributed by atoms with Gasteiger partial charge in [-0.15, -0.1) is 0 Å². The number of ether oxygens (including phenoxy) is 1. The van der Waals surface area contributed by atoms with Crippen LogP contribution in [0.25, 0.3) is 0 Å². The maximum absolute atomic E-state index is 12.7. The van der Waals surface area contributed by atoms with Gasteiger partial charge in [0, 0.05) is 17.5 Å². The molecule has 0 saturated heterocycles. The Kier molecular flexibility index (Phi) is 4.79. The number of carboxylic acids is 1. The summed E-state index contributed by atoms with van der Waals surface area (Å²) < 4.78 is 5.70. The number of Topliss-reactive ketones (excluding diaryl/α,β-unsaturated/α-hetero) is 1. The monoisotopic (exact) mass is 345 g/mol. The molecule has 1 aliphatic carbocycles. The van der Waals surface area contributed by atoms with Gasteiger partial charge in [-0.2, -0.15) is 0 Å². The van der Waals surface area contributed by atoms with Crippen molar-refractivity contribution in [2.45, 2.75) is 58.1 Å². The number of rotatable bonds is 5. The van der Waals surface area contributed by atoms with E-state index in [1.165, 1.54) is 0 Å². The fraction of sp³-hybridized carbons (Fsp3) is 0.526. The number of ketones is 1. The normalized spacial score (nSPS) is 21.6. The van der Waals surface area contributed by atoms with Gasteiger partial charge in [-0.25, -0.2) is 0 Å². The molecule has 1 N–H and O–H groups in total. The van der Waals surface area contributed by atoms with Crippen molar-refractivity contribution in [3.05, 3.63) is 23.8 Å². The molecule has 1 amide bonds. The second-order valence-electron chi connectivity index (χ2n) is 6.95. The Morgan fingerprint density at radius 3 is 2.64 bits per heavy atom. The van der Waals surface area contributed by atoms with E-state index < -0.39 is 18.0 Å². The van der Waals surface area contributed by atoms with E-state index in [9.17, 15) is 14.4 Å². The van der Waals surface area contributed by atoms with Crippen LogP contribution < -0.4 is 9.64 Å². The molecule has 3 rings (SSSR count). The molecule has 1 aromatic rings. The number of benzene rings is 1. The highest BCUT2D eigenvalue weighted by Gasteiger charge is 2.37. The first-order chi connectivity index (χ1) is 11.9. The van der Waals surface area contributed by atoms with E-state index in [2.05, 4.69) is 0 Å². The number of nitrogens with zero attached hydrogens (tertiary/aromatic N) is 1. The van der Waals surface area contributed by atoms with Gasteiger partial charge in [0.05, 0.1) is 12.1 Å². The predicted octanol–water partition coefficient (Wildman–Crippen LogP) is 3.04. The number of carboxylic acid groups (broad SMARTS) is 1. The Labute approximate surface area is 146 Å². The number of carbonyl (C=O) groups is 3. The molecule has 6 nitrogen and oxygen atoms in total. The molecule has 1 fully saturated rings. The van der Waals surface area contributed by atoms with E-state index in [0.717, 1.165) is 25.7 Å². The van der Waals surface area contributed by atoms with Crippen LogP contribution in [0.3, 0.4) is 0 Å². The third kappa shape index (κ3) is 3.38. The highest BCUT2D eigenvalue weighted by atomic mass is 16.5. The highest BCUT2D eigenvalue weighted by molar-refractivity contribution is 6.04. The van der Waals surface area contributed by atoms with E-state index >= 15 is 0 Å². The lowest BCUT2D eigenvalue weighted by Gasteiger charge is -2.37. The van der Waals surface area contributed by atoms with Crippen LogP contribution in [-0.2, 0) is 9.59 Å². The molecule has 25 heavy (non-hydrogen) atoms. The van der Waals surface area contributed by atoms with Crippen LogP contribution >= 0.6 is 0 Å². The lowest BCUT2D eigenvalue weighted by atomic mass is 9.95. The van der Waals surface area contributed by atoms with Gasteiger partial charge in [0.25, 0.3) is 5.91 Å². The van der Waals surface area contributed by atoms with Crippen LogP contribution in [0.1, 0.15) is 56.3 Å². The van der Waals surface area contributed by atoms with Crippen LogP contribution in [-0.4, -0.2) is 34.9 Å². The van der Waals surface area contributed by atoms with E-state index in [1.54, 1.807) is 36.9 Å². The van der Waals surface area contributed by atoms with Crippen LogP contribution in [0.15, 0.2) is 18.2 Å². The van der Waals surface area contributed by atoms with Crippen LogP contribution in [0, 0.1) is 5.92 Å². The average Bonchev–Trinajstić information content (AvgIpc) is 3.08. The van der Waals surface area contributed by atoms with E-state index in [0.29, 0.717) is 17.0 Å². The SMILES string of the molecule is CC(CC(=O)O)C(=O)c1ccc2c(c1)N(C1CCCC1)C(=O)C(C)O2. The zero-order chi connectivity index (χ0) is 18.1. The molecule has 2 unspecified atom stereocenters. The summed E-state index contributed by atoms with van der Waals surface area (Å²) in [5.74, 6) is -1.33. The Bertz CT molecular complexity index is 708. The smallest absolute Gasteiger partial charge is 0.304 e. The molecule has 0 spiro atoms. The molecule has 2 aliphatic rings. The van der Waals surface area contributed by atoms with Crippen molar-refractivity contribution in [1.29, 1.82) is 0 Å². The van der Waals surface area contributed by atoms with Crippen LogP contribution in [0.5, 0.6) is 5.75 Å². The van der Waals surface area contributed by atoms with Gasteiger partial charge in [0.2, 0.25) is 0 Å². The predicted molar refractivity (Wildman–Crippen MR) is 92.0 cm³/mol. The van der Waals surface area contributed by atoms with Gasteiger partial charge in [0.1, 0.15) is 5.75 Å². The van der Waals surface area contributed by atoms with Gasteiger partial charge < -0.3 is 14.7 Å². The first-order valence-electron chi connectivity index (χ1n) is 8.78. The Morgan fingerprint density at radius 2 is 2.00 bits per heavy atom. The summed E-state index contributed by atoms with van der Waals surface area (Å²) in [5.41, 5.74) is 1.05. The van der Waals surface area contributed by atoms with Gasteiger partial charge >= 0.3 is 5.97 Å². The highest BCUT2D eigenvalue weighted by Crippen LogP contribution is 2.39. The first-order valence-corrected chi connectivity index (χ1v) is 8.78. The first kappa shape index (κ1) is 17.5. The van der Waals surface area contributed by atoms with E-state index in [4.69, 9.17) is 9.84 Å². The van der Waals surface area contributed by atoms with Crippen molar-refractivity contribution in [2.75, 3.05) is 4.90 Å². The molecule has 2 atom stereocenters. The summed E-state index contributed by atoms with van der Waals surface area (Å²) in [6.07, 6.45) is 3.33. The summed E-state index contributed by atoms with van der Waals surface area (Å²) in [5, 5.41) is 8.90. The maximum Gasteiger partial charge on any atom is 0.304 e. The number of fused-ring (bicyclic) bond motifs is 1. The Morgan fingerprint density at radius 1 is 1.32 bits per heavy atom. The number of hydrogen-bond donors (Lipinski definition) is 1. The molecule has 134 valence electrons.